The Morgan fingerprint density at radius 3 is 2.36 bits per heavy atom. The molecule has 3 rings (SSSR count). The monoisotopic (exact) mass is 447 g/mol. The third-order valence-corrected chi connectivity index (χ3v) is 5.70. The number of allylic oxidation sites excluding steroid dienone is 1. The van der Waals surface area contributed by atoms with Gasteiger partial charge in [-0.25, -0.2) is 0 Å². The second kappa shape index (κ2) is 8.48. The van der Waals surface area contributed by atoms with Gasteiger partial charge in [-0.2, -0.15) is 0 Å². The van der Waals surface area contributed by atoms with E-state index in [1.807, 2.05) is 39.8 Å². The maximum absolute atomic E-state index is 10.0. The molecule has 4 N–H and O–H groups in total. The van der Waals surface area contributed by atoms with Crippen molar-refractivity contribution >= 4 is 22.0 Å². The molecule has 1 aliphatic heterocycles. The van der Waals surface area contributed by atoms with E-state index in [9.17, 15) is 10.2 Å². The van der Waals surface area contributed by atoms with E-state index in [1.54, 1.807) is 12.1 Å². The lowest BCUT2D eigenvalue weighted by atomic mass is 9.88. The van der Waals surface area contributed by atoms with Crippen molar-refractivity contribution in [1.29, 1.82) is 0 Å². The fourth-order valence-electron chi connectivity index (χ4n) is 3.24. The van der Waals surface area contributed by atoms with Gasteiger partial charge in [0, 0.05) is 11.3 Å². The van der Waals surface area contributed by atoms with Crippen molar-refractivity contribution in [2.45, 2.75) is 60.0 Å². The zero-order valence-electron chi connectivity index (χ0n) is 17.5. The summed E-state index contributed by atoms with van der Waals surface area (Å²) in [4.78, 5) is 0. The first-order valence-corrected chi connectivity index (χ1v) is 10.1. The largest absolute Gasteiger partial charge is 0.507 e. The maximum Gasteiger partial charge on any atom is 0.129 e. The van der Waals surface area contributed by atoms with E-state index in [4.69, 9.17) is 10.5 Å². The average Bonchev–Trinajstić information content (AvgIpc) is 2.60. The summed E-state index contributed by atoms with van der Waals surface area (Å²) in [6.45, 7) is 12.0. The van der Waals surface area contributed by atoms with Crippen LogP contribution in [0.25, 0.3) is 6.08 Å². The van der Waals surface area contributed by atoms with Crippen LogP contribution >= 0.6 is 15.9 Å². The van der Waals surface area contributed by atoms with Crippen LogP contribution in [-0.2, 0) is 6.42 Å². The van der Waals surface area contributed by atoms with Gasteiger partial charge in [-0.3, -0.25) is 0 Å². The van der Waals surface area contributed by atoms with Crippen molar-refractivity contribution in [3.8, 4) is 17.2 Å². The van der Waals surface area contributed by atoms with Crippen molar-refractivity contribution in [3.63, 3.8) is 0 Å². The van der Waals surface area contributed by atoms with Crippen LogP contribution in [0.1, 0.15) is 55.0 Å². The summed E-state index contributed by atoms with van der Waals surface area (Å²) in [6.07, 6.45) is 3.83. The van der Waals surface area contributed by atoms with E-state index in [2.05, 4.69) is 29.8 Å². The molecule has 0 fully saturated rings. The molecule has 0 saturated carbocycles. The van der Waals surface area contributed by atoms with Crippen molar-refractivity contribution in [2.24, 2.45) is 5.73 Å². The number of fused-ring (bicyclic) bond motifs is 1. The van der Waals surface area contributed by atoms with E-state index < -0.39 is 0 Å². The van der Waals surface area contributed by atoms with Gasteiger partial charge in [0.25, 0.3) is 0 Å². The molecule has 0 radical (unpaired) electrons. The van der Waals surface area contributed by atoms with Gasteiger partial charge in [0.15, 0.2) is 0 Å². The Hall–Kier alpha value is -2.14. The molecule has 0 spiro atoms. The lowest BCUT2D eigenvalue weighted by molar-refractivity contribution is 0.0831. The first-order chi connectivity index (χ1) is 12.9. The first-order valence-electron chi connectivity index (χ1n) is 9.36. The minimum absolute atomic E-state index is 0.0897. The van der Waals surface area contributed by atoms with Crippen molar-refractivity contribution in [2.75, 3.05) is 0 Å². The molecule has 1 heterocycles. The van der Waals surface area contributed by atoms with Crippen molar-refractivity contribution in [1.82, 2.24) is 0 Å². The third-order valence-electron chi connectivity index (χ3n) is 5.06. The number of benzene rings is 2. The van der Waals surface area contributed by atoms with Crippen LogP contribution in [-0.4, -0.2) is 15.8 Å². The molecule has 0 aromatic heterocycles. The normalized spacial score (nSPS) is 15.2. The number of aromatic hydroxyl groups is 2. The minimum Gasteiger partial charge on any atom is -0.507 e. The van der Waals surface area contributed by atoms with Gasteiger partial charge in [-0.05, 0) is 111 Å². The number of nitrogens with two attached hydrogens (primary N) is 1. The Labute approximate surface area is 176 Å². The Kier molecular flexibility index (Phi) is 6.71. The van der Waals surface area contributed by atoms with E-state index >= 15 is 0 Å². The highest BCUT2D eigenvalue weighted by molar-refractivity contribution is 9.10. The number of ether oxygens (including phenoxy) is 1. The smallest absolute Gasteiger partial charge is 0.129 e. The van der Waals surface area contributed by atoms with E-state index in [1.165, 1.54) is 5.56 Å². The number of phenolic OH excluding ortho intramolecular Hbond substituents is 2. The number of halogens is 1. The third kappa shape index (κ3) is 5.02. The molecule has 0 amide bonds. The molecule has 0 aliphatic carbocycles. The second-order valence-corrected chi connectivity index (χ2v) is 8.85. The topological polar surface area (TPSA) is 75.7 Å². The van der Waals surface area contributed by atoms with Crippen LogP contribution in [0.4, 0.5) is 0 Å². The molecule has 0 bridgehead atoms. The Morgan fingerprint density at radius 1 is 1.14 bits per heavy atom. The highest BCUT2D eigenvalue weighted by Gasteiger charge is 2.30. The van der Waals surface area contributed by atoms with Crippen LogP contribution in [0.15, 0.2) is 28.4 Å². The van der Waals surface area contributed by atoms with E-state index in [0.717, 1.165) is 46.5 Å². The standard InChI is InChI=1S/C14H20O2.C9H10BrNO/c1-8-9(2)13-11(10(3)12(8)15)6-7-14(4,5)16-13;1-6(11)4-7-2-3-9(12)8(10)5-7/h15H,6-7H2,1-5H3;2-5,12H,11H2,1H3/b;6-4-. The van der Waals surface area contributed by atoms with Gasteiger partial charge >= 0.3 is 0 Å². The fraction of sp³-hybridized carbons (Fsp3) is 0.391. The molecular formula is C23H30BrNO3. The molecule has 1 aliphatic rings. The van der Waals surface area contributed by atoms with Gasteiger partial charge in [-0.1, -0.05) is 6.07 Å². The molecule has 0 unspecified atom stereocenters. The summed E-state index contributed by atoms with van der Waals surface area (Å²) >= 11 is 3.22. The fourth-order valence-corrected chi connectivity index (χ4v) is 3.63. The van der Waals surface area contributed by atoms with Gasteiger partial charge < -0.3 is 20.7 Å². The highest BCUT2D eigenvalue weighted by atomic mass is 79.9. The molecule has 0 atom stereocenters. The average molecular weight is 448 g/mol. The molecule has 2 aromatic rings. The number of hydrogen-bond donors (Lipinski definition) is 3. The van der Waals surface area contributed by atoms with Crippen LogP contribution in [0.5, 0.6) is 17.2 Å². The van der Waals surface area contributed by atoms with E-state index in [0.29, 0.717) is 10.2 Å². The Bertz CT molecular complexity index is 913. The van der Waals surface area contributed by atoms with Crippen LogP contribution in [0.2, 0.25) is 0 Å². The summed E-state index contributed by atoms with van der Waals surface area (Å²) in [5.74, 6) is 1.66. The zero-order valence-corrected chi connectivity index (χ0v) is 19.1. The Morgan fingerprint density at radius 2 is 1.79 bits per heavy atom. The molecule has 2 aromatic carbocycles. The minimum atomic E-state index is -0.0897. The SMILES string of the molecule is C/C(N)=C/c1ccc(O)c(Br)c1.Cc1c(C)c2c(c(C)c1O)CCC(C)(C)O2. The predicted octanol–water partition coefficient (Wildman–Crippen LogP) is 5.90. The van der Waals surface area contributed by atoms with Crippen molar-refractivity contribution in [3.05, 3.63) is 56.2 Å². The summed E-state index contributed by atoms with van der Waals surface area (Å²) in [5.41, 5.74) is 11.3. The number of rotatable bonds is 1. The summed E-state index contributed by atoms with van der Waals surface area (Å²) in [6, 6.07) is 5.24. The summed E-state index contributed by atoms with van der Waals surface area (Å²) in [5, 5.41) is 19.2. The molecule has 28 heavy (non-hydrogen) atoms. The summed E-state index contributed by atoms with van der Waals surface area (Å²) < 4.78 is 6.73. The van der Waals surface area contributed by atoms with Gasteiger partial charge in [0.2, 0.25) is 0 Å². The van der Waals surface area contributed by atoms with Crippen LogP contribution in [0.3, 0.4) is 0 Å². The zero-order chi connectivity index (χ0) is 21.2. The lowest BCUT2D eigenvalue weighted by Crippen LogP contribution is -2.33. The second-order valence-electron chi connectivity index (χ2n) is 7.99. The van der Waals surface area contributed by atoms with Gasteiger partial charge in [-0.15, -0.1) is 0 Å². The first kappa shape index (κ1) is 22.2. The molecule has 4 nitrogen and oxygen atoms in total. The number of hydrogen-bond acceptors (Lipinski definition) is 4. The number of phenols is 2. The molecule has 5 heteroatoms. The Balaban J connectivity index is 0.000000209. The van der Waals surface area contributed by atoms with Gasteiger partial charge in [0.1, 0.15) is 22.8 Å². The molecule has 152 valence electrons. The summed E-state index contributed by atoms with van der Waals surface area (Å²) in [7, 11) is 0. The van der Waals surface area contributed by atoms with Crippen LogP contribution < -0.4 is 10.5 Å². The predicted molar refractivity (Wildman–Crippen MR) is 119 cm³/mol. The molecular weight excluding hydrogens is 418 g/mol. The van der Waals surface area contributed by atoms with Crippen molar-refractivity contribution < 1.29 is 14.9 Å². The van der Waals surface area contributed by atoms with E-state index in [-0.39, 0.29) is 11.4 Å². The highest BCUT2D eigenvalue weighted by Crippen LogP contribution is 2.42. The lowest BCUT2D eigenvalue weighted by Gasteiger charge is -2.35. The van der Waals surface area contributed by atoms with Crippen LogP contribution in [0, 0.1) is 20.8 Å². The maximum atomic E-state index is 10.0. The quantitative estimate of drug-likeness (QED) is 0.508. The molecule has 0 saturated heterocycles. The van der Waals surface area contributed by atoms with Gasteiger partial charge in [0.05, 0.1) is 4.47 Å².